The highest BCUT2D eigenvalue weighted by Gasteiger charge is 2.25. The second kappa shape index (κ2) is 4.74. The van der Waals surface area contributed by atoms with E-state index in [-0.39, 0.29) is 5.91 Å². The third-order valence-corrected chi connectivity index (χ3v) is 3.30. The van der Waals surface area contributed by atoms with Gasteiger partial charge >= 0.3 is 0 Å². The van der Waals surface area contributed by atoms with Crippen LogP contribution in [0, 0.1) is 0 Å². The first-order valence-electron chi connectivity index (χ1n) is 6.11. The van der Waals surface area contributed by atoms with Crippen LogP contribution in [0.3, 0.4) is 0 Å². The molecule has 0 saturated carbocycles. The Bertz CT molecular complexity index is 698. The summed E-state index contributed by atoms with van der Waals surface area (Å²) < 4.78 is 0. The van der Waals surface area contributed by atoms with Gasteiger partial charge in [0.2, 0.25) is 0 Å². The number of carbonyl (C=O) groups excluding carboxylic acids is 1. The molecule has 1 atom stereocenters. The average molecular weight is 251 g/mol. The monoisotopic (exact) mass is 251 g/mol. The van der Waals surface area contributed by atoms with Crippen molar-refractivity contribution in [2.24, 2.45) is 10.2 Å². The summed E-state index contributed by atoms with van der Waals surface area (Å²) in [5.41, 5.74) is 1.88. The molecule has 4 heteroatoms. The second-order valence-electron chi connectivity index (χ2n) is 4.39. The fourth-order valence-corrected chi connectivity index (χ4v) is 2.39. The van der Waals surface area contributed by atoms with Gasteiger partial charge in [-0.05, 0) is 23.4 Å². The topological polar surface area (TPSA) is 53.8 Å². The summed E-state index contributed by atoms with van der Waals surface area (Å²) >= 11 is 0. The van der Waals surface area contributed by atoms with Gasteiger partial charge in [0.25, 0.3) is 5.91 Å². The molecule has 0 spiro atoms. The van der Waals surface area contributed by atoms with E-state index >= 15 is 0 Å². The molecule has 0 saturated heterocycles. The van der Waals surface area contributed by atoms with Gasteiger partial charge in [-0.25, -0.2) is 0 Å². The zero-order valence-electron chi connectivity index (χ0n) is 10.5. The number of nitrogens with one attached hydrogen (secondary N) is 1. The molecule has 0 aliphatic carbocycles. The van der Waals surface area contributed by atoms with Crippen molar-refractivity contribution in [3.8, 4) is 0 Å². The second-order valence-corrected chi connectivity index (χ2v) is 4.39. The minimum Gasteiger partial charge on any atom is -0.305 e. The van der Waals surface area contributed by atoms with Gasteiger partial charge in [-0.15, -0.1) is 5.11 Å². The molecule has 3 rings (SSSR count). The number of hydrogen-bond donors (Lipinski definition) is 1. The molecular weight excluding hydrogens is 238 g/mol. The molecule has 2 aromatic rings. The number of azo groups is 1. The summed E-state index contributed by atoms with van der Waals surface area (Å²) in [4.78, 5) is 11.8. The summed E-state index contributed by atoms with van der Waals surface area (Å²) in [6.45, 7) is 0. The first-order chi connectivity index (χ1) is 9.31. The summed E-state index contributed by atoms with van der Waals surface area (Å²) in [6, 6.07) is 13.7. The summed E-state index contributed by atoms with van der Waals surface area (Å²) in [5, 5.41) is 12.6. The molecule has 1 heterocycles. The van der Waals surface area contributed by atoms with E-state index in [0.717, 1.165) is 21.9 Å². The van der Waals surface area contributed by atoms with Crippen molar-refractivity contribution in [2.75, 3.05) is 7.05 Å². The molecule has 0 bridgehead atoms. The summed E-state index contributed by atoms with van der Waals surface area (Å²) in [7, 11) is 1.75. The van der Waals surface area contributed by atoms with Gasteiger partial charge in [0.05, 0.1) is 6.20 Å². The third kappa shape index (κ3) is 1.96. The minimum absolute atomic E-state index is 0.257. The van der Waals surface area contributed by atoms with Gasteiger partial charge in [-0.3, -0.25) is 4.79 Å². The number of rotatable bonds is 2. The van der Waals surface area contributed by atoms with Crippen molar-refractivity contribution < 1.29 is 4.79 Å². The van der Waals surface area contributed by atoms with E-state index in [4.69, 9.17) is 0 Å². The van der Waals surface area contributed by atoms with Crippen LogP contribution in [0.1, 0.15) is 5.56 Å². The highest BCUT2D eigenvalue weighted by molar-refractivity contribution is 6.03. The predicted molar refractivity (Wildman–Crippen MR) is 74.6 cm³/mol. The molecule has 19 heavy (non-hydrogen) atoms. The van der Waals surface area contributed by atoms with Crippen molar-refractivity contribution >= 4 is 22.3 Å². The van der Waals surface area contributed by atoms with Crippen LogP contribution in [0.25, 0.3) is 16.3 Å². The quantitative estimate of drug-likeness (QED) is 0.892. The zero-order valence-corrected chi connectivity index (χ0v) is 10.5. The summed E-state index contributed by atoms with van der Waals surface area (Å²) in [6.07, 6.45) is 1.66. The number of benzene rings is 2. The SMILES string of the molecule is CNC1C(=O)N=NC=C1c1cccc2ccccc12. The van der Waals surface area contributed by atoms with Gasteiger partial charge < -0.3 is 5.32 Å². The predicted octanol–water partition coefficient (Wildman–Crippen LogP) is 2.76. The Labute approximate surface area is 110 Å². The molecule has 1 N–H and O–H groups in total. The van der Waals surface area contributed by atoms with E-state index in [0.29, 0.717) is 0 Å². The summed E-state index contributed by atoms with van der Waals surface area (Å²) in [5.74, 6) is -0.257. The lowest BCUT2D eigenvalue weighted by Crippen LogP contribution is -2.35. The van der Waals surface area contributed by atoms with Crippen molar-refractivity contribution in [3.63, 3.8) is 0 Å². The van der Waals surface area contributed by atoms with Crippen LogP contribution in [-0.4, -0.2) is 19.0 Å². The lowest BCUT2D eigenvalue weighted by atomic mass is 9.93. The van der Waals surface area contributed by atoms with Crippen LogP contribution in [0.2, 0.25) is 0 Å². The maximum atomic E-state index is 11.8. The van der Waals surface area contributed by atoms with Gasteiger partial charge in [0.1, 0.15) is 6.04 Å². The molecule has 1 aliphatic heterocycles. The molecule has 1 aliphatic rings. The van der Waals surface area contributed by atoms with Gasteiger partial charge in [-0.1, -0.05) is 42.5 Å². The highest BCUT2D eigenvalue weighted by Crippen LogP contribution is 2.29. The number of amides is 1. The molecule has 1 unspecified atom stereocenters. The van der Waals surface area contributed by atoms with Crippen LogP contribution >= 0.6 is 0 Å². The maximum Gasteiger partial charge on any atom is 0.286 e. The minimum atomic E-state index is -0.427. The molecule has 0 radical (unpaired) electrons. The average Bonchev–Trinajstić information content (AvgIpc) is 2.46. The van der Waals surface area contributed by atoms with Crippen molar-refractivity contribution in [2.45, 2.75) is 6.04 Å². The Morgan fingerprint density at radius 3 is 2.74 bits per heavy atom. The molecule has 1 amide bonds. The van der Waals surface area contributed by atoms with Crippen LogP contribution in [-0.2, 0) is 4.79 Å². The number of hydrogen-bond acceptors (Lipinski definition) is 3. The first kappa shape index (κ1) is 11.7. The zero-order chi connectivity index (χ0) is 13.2. The van der Waals surface area contributed by atoms with Gasteiger partial charge in [0, 0.05) is 5.57 Å². The van der Waals surface area contributed by atoms with Crippen LogP contribution in [0.5, 0.6) is 0 Å². The lowest BCUT2D eigenvalue weighted by molar-refractivity contribution is -0.119. The van der Waals surface area contributed by atoms with Crippen LogP contribution < -0.4 is 5.32 Å². The van der Waals surface area contributed by atoms with Crippen LogP contribution in [0.4, 0.5) is 0 Å². The van der Waals surface area contributed by atoms with E-state index < -0.39 is 6.04 Å². The van der Waals surface area contributed by atoms with E-state index in [1.54, 1.807) is 13.2 Å². The largest absolute Gasteiger partial charge is 0.305 e. The Morgan fingerprint density at radius 1 is 1.11 bits per heavy atom. The van der Waals surface area contributed by atoms with Crippen molar-refractivity contribution in [3.05, 3.63) is 54.2 Å². The number of nitrogens with zero attached hydrogens (tertiary/aromatic N) is 2. The molecule has 94 valence electrons. The maximum absolute atomic E-state index is 11.8. The Balaban J connectivity index is 2.21. The van der Waals surface area contributed by atoms with E-state index in [9.17, 15) is 4.79 Å². The first-order valence-corrected chi connectivity index (χ1v) is 6.11. The number of carbonyl (C=O) groups is 1. The van der Waals surface area contributed by atoms with Gasteiger partial charge in [0.15, 0.2) is 0 Å². The van der Waals surface area contributed by atoms with Crippen molar-refractivity contribution in [1.29, 1.82) is 0 Å². The molecule has 0 aromatic heterocycles. The molecule has 2 aromatic carbocycles. The Kier molecular flexibility index (Phi) is 2.93. The van der Waals surface area contributed by atoms with E-state index in [2.05, 4.69) is 33.7 Å². The Morgan fingerprint density at radius 2 is 1.89 bits per heavy atom. The molecular formula is C15H13N3O. The molecule has 0 fully saturated rings. The number of likely N-dealkylation sites (N-methyl/N-ethyl adjacent to an activating group) is 1. The van der Waals surface area contributed by atoms with E-state index in [1.807, 2.05) is 24.3 Å². The van der Waals surface area contributed by atoms with Crippen molar-refractivity contribution in [1.82, 2.24) is 5.32 Å². The smallest absolute Gasteiger partial charge is 0.286 e. The van der Waals surface area contributed by atoms with E-state index in [1.165, 1.54) is 0 Å². The van der Waals surface area contributed by atoms with Gasteiger partial charge in [-0.2, -0.15) is 5.11 Å². The molecule has 4 nitrogen and oxygen atoms in total. The third-order valence-electron chi connectivity index (χ3n) is 3.30. The highest BCUT2D eigenvalue weighted by atomic mass is 16.2. The lowest BCUT2D eigenvalue weighted by Gasteiger charge is -2.19. The van der Waals surface area contributed by atoms with Crippen LogP contribution in [0.15, 0.2) is 58.9 Å². The fourth-order valence-electron chi connectivity index (χ4n) is 2.39. The number of fused-ring (bicyclic) bond motifs is 1. The Hall–Kier alpha value is -2.33. The standard InChI is InChI=1S/C15H13N3O/c1-16-14-13(9-17-18-15(14)19)12-8-4-6-10-5-2-3-7-11(10)12/h2-9,14,16H,1H3. The fraction of sp³-hybridized carbons (Fsp3) is 0.133. The normalized spacial score (nSPS) is 18.7.